The zero-order valence-electron chi connectivity index (χ0n) is 15.2. The highest BCUT2D eigenvalue weighted by Gasteiger charge is 2.21. The van der Waals surface area contributed by atoms with E-state index in [2.05, 4.69) is 39.5 Å². The smallest absolute Gasteiger partial charge is 0.268 e. The summed E-state index contributed by atoms with van der Waals surface area (Å²) < 4.78 is 5.41. The highest BCUT2D eigenvalue weighted by atomic mass is 16.5. The Hall–Kier alpha value is -2.44. The minimum absolute atomic E-state index is 0.0660. The van der Waals surface area contributed by atoms with Crippen LogP contribution in [-0.4, -0.2) is 54.4 Å². The van der Waals surface area contributed by atoms with Crippen LogP contribution < -0.4 is 5.32 Å². The Labute approximate surface area is 153 Å². The molecule has 1 atom stereocenters. The fraction of sp³-hybridized carbons (Fsp3) is 0.400. The van der Waals surface area contributed by atoms with E-state index in [1.165, 1.54) is 12.5 Å². The minimum Gasteiger partial charge on any atom is -0.379 e. The molecule has 1 aliphatic heterocycles. The third kappa shape index (κ3) is 4.59. The van der Waals surface area contributed by atoms with Crippen molar-refractivity contribution in [3.8, 4) is 0 Å². The topological polar surface area (TPSA) is 74.4 Å². The van der Waals surface area contributed by atoms with Crippen LogP contribution in [0.5, 0.6) is 0 Å². The van der Waals surface area contributed by atoms with Crippen molar-refractivity contribution in [1.82, 2.24) is 15.2 Å². The quantitative estimate of drug-likeness (QED) is 0.780. The van der Waals surface area contributed by atoms with Crippen LogP contribution in [0, 0.1) is 6.92 Å². The number of aryl methyl sites for hydroxylation is 1. The summed E-state index contributed by atoms with van der Waals surface area (Å²) in [5.41, 5.74) is 3.15. The summed E-state index contributed by atoms with van der Waals surface area (Å²) in [6.07, 6.45) is 1.57. The molecule has 1 fully saturated rings. The van der Waals surface area contributed by atoms with Crippen LogP contribution in [0.3, 0.4) is 0 Å². The minimum atomic E-state index is -0.212. The summed E-state index contributed by atoms with van der Waals surface area (Å²) in [6, 6.07) is 9.67. The number of nitrogens with one attached hydrogen (secondary N) is 2. The maximum absolute atomic E-state index is 12.7. The summed E-state index contributed by atoms with van der Waals surface area (Å²) in [6.45, 7) is 7.39. The van der Waals surface area contributed by atoms with Gasteiger partial charge in [-0.2, -0.15) is 0 Å². The summed E-state index contributed by atoms with van der Waals surface area (Å²) >= 11 is 0. The van der Waals surface area contributed by atoms with Crippen molar-refractivity contribution in [3.63, 3.8) is 0 Å². The number of morpholine rings is 1. The highest BCUT2D eigenvalue weighted by Crippen LogP contribution is 2.17. The lowest BCUT2D eigenvalue weighted by molar-refractivity contribution is 0.0332. The number of hydrogen-bond donors (Lipinski definition) is 2. The van der Waals surface area contributed by atoms with Crippen LogP contribution in [0.25, 0.3) is 0 Å². The SMILES string of the molecule is CC(=O)c1c[nH]c(C(=O)N[C@H](CN2CCOCC2)c2ccc(C)cc2)c1. The fourth-order valence-corrected chi connectivity index (χ4v) is 3.04. The number of H-pyrrole nitrogens is 1. The van der Waals surface area contributed by atoms with Crippen molar-refractivity contribution >= 4 is 11.7 Å². The average Bonchev–Trinajstić information content (AvgIpc) is 3.13. The van der Waals surface area contributed by atoms with Gasteiger partial charge in [0.15, 0.2) is 5.78 Å². The molecule has 2 N–H and O–H groups in total. The van der Waals surface area contributed by atoms with Gasteiger partial charge in [0.05, 0.1) is 19.3 Å². The lowest BCUT2D eigenvalue weighted by atomic mass is 10.0. The van der Waals surface area contributed by atoms with Crippen molar-refractivity contribution in [3.05, 3.63) is 58.9 Å². The number of nitrogens with zero attached hydrogens (tertiary/aromatic N) is 1. The van der Waals surface area contributed by atoms with E-state index in [9.17, 15) is 9.59 Å². The summed E-state index contributed by atoms with van der Waals surface area (Å²) in [7, 11) is 0. The van der Waals surface area contributed by atoms with Gasteiger partial charge in [-0.3, -0.25) is 14.5 Å². The van der Waals surface area contributed by atoms with E-state index in [0.29, 0.717) is 24.5 Å². The molecule has 1 aliphatic rings. The molecule has 0 unspecified atom stereocenters. The van der Waals surface area contributed by atoms with Crippen LogP contribution in [0.2, 0.25) is 0 Å². The van der Waals surface area contributed by atoms with Crippen LogP contribution in [0.4, 0.5) is 0 Å². The Balaban J connectivity index is 1.76. The van der Waals surface area contributed by atoms with Crippen LogP contribution >= 0.6 is 0 Å². The first-order chi connectivity index (χ1) is 12.5. The monoisotopic (exact) mass is 355 g/mol. The largest absolute Gasteiger partial charge is 0.379 e. The van der Waals surface area contributed by atoms with Gasteiger partial charge >= 0.3 is 0 Å². The maximum atomic E-state index is 12.7. The number of rotatable bonds is 6. The van der Waals surface area contributed by atoms with E-state index in [4.69, 9.17) is 4.74 Å². The van der Waals surface area contributed by atoms with Crippen LogP contribution in [-0.2, 0) is 4.74 Å². The second-order valence-electron chi connectivity index (χ2n) is 6.71. The van der Waals surface area contributed by atoms with Gasteiger partial charge in [0.25, 0.3) is 5.91 Å². The Morgan fingerprint density at radius 3 is 2.54 bits per heavy atom. The molecular weight excluding hydrogens is 330 g/mol. The Bertz CT molecular complexity index is 761. The molecule has 138 valence electrons. The zero-order chi connectivity index (χ0) is 18.5. The van der Waals surface area contributed by atoms with Gasteiger partial charge in [-0.25, -0.2) is 0 Å². The summed E-state index contributed by atoms with van der Waals surface area (Å²) in [5, 5.41) is 3.10. The molecule has 6 nitrogen and oxygen atoms in total. The molecule has 2 heterocycles. The van der Waals surface area contributed by atoms with Gasteiger partial charge in [-0.1, -0.05) is 29.8 Å². The van der Waals surface area contributed by atoms with Gasteiger partial charge < -0.3 is 15.0 Å². The van der Waals surface area contributed by atoms with E-state index in [1.54, 1.807) is 12.3 Å². The van der Waals surface area contributed by atoms with E-state index in [1.807, 2.05) is 6.92 Å². The van der Waals surface area contributed by atoms with Gasteiger partial charge in [0.1, 0.15) is 5.69 Å². The third-order valence-corrected chi connectivity index (χ3v) is 4.66. The van der Waals surface area contributed by atoms with Crippen molar-refractivity contribution in [1.29, 1.82) is 0 Å². The fourth-order valence-electron chi connectivity index (χ4n) is 3.04. The zero-order valence-corrected chi connectivity index (χ0v) is 15.2. The highest BCUT2D eigenvalue weighted by molar-refractivity contribution is 5.99. The van der Waals surface area contributed by atoms with Crippen molar-refractivity contribution in [2.75, 3.05) is 32.8 Å². The molecule has 1 aromatic carbocycles. The van der Waals surface area contributed by atoms with Crippen LogP contribution in [0.15, 0.2) is 36.5 Å². The molecule has 0 aliphatic carbocycles. The second-order valence-corrected chi connectivity index (χ2v) is 6.71. The van der Waals surface area contributed by atoms with E-state index in [-0.39, 0.29) is 17.7 Å². The first-order valence-electron chi connectivity index (χ1n) is 8.90. The Morgan fingerprint density at radius 1 is 1.23 bits per heavy atom. The number of hydrogen-bond acceptors (Lipinski definition) is 4. The van der Waals surface area contributed by atoms with Crippen molar-refractivity contribution < 1.29 is 14.3 Å². The number of Topliss-reactive ketones (excluding diaryl/α,β-unsaturated/α-hetero) is 1. The number of aromatic nitrogens is 1. The Morgan fingerprint density at radius 2 is 1.92 bits per heavy atom. The molecule has 6 heteroatoms. The van der Waals surface area contributed by atoms with Crippen LogP contribution in [0.1, 0.15) is 44.9 Å². The van der Waals surface area contributed by atoms with Crippen molar-refractivity contribution in [2.24, 2.45) is 0 Å². The number of benzene rings is 1. The van der Waals surface area contributed by atoms with Gasteiger partial charge in [0, 0.05) is 31.4 Å². The molecular formula is C20H25N3O3. The third-order valence-electron chi connectivity index (χ3n) is 4.66. The molecule has 26 heavy (non-hydrogen) atoms. The number of aromatic amines is 1. The predicted octanol–water partition coefficient (Wildman–Crippen LogP) is 2.33. The molecule has 0 bridgehead atoms. The number of carbonyl (C=O) groups excluding carboxylic acids is 2. The normalized spacial score (nSPS) is 16.2. The van der Waals surface area contributed by atoms with E-state index in [0.717, 1.165) is 25.2 Å². The molecule has 0 saturated carbocycles. The standard InChI is InChI=1S/C20H25N3O3/c1-14-3-5-16(6-4-14)19(13-23-7-9-26-10-8-23)22-20(25)18-11-17(12-21-18)15(2)24/h3-6,11-12,19,21H,7-10,13H2,1-2H3,(H,22,25)/t19-/m1/s1. The summed E-state index contributed by atoms with van der Waals surface area (Å²) in [5.74, 6) is -0.278. The number of ketones is 1. The molecule has 0 spiro atoms. The van der Waals surface area contributed by atoms with Gasteiger partial charge in [0.2, 0.25) is 0 Å². The van der Waals surface area contributed by atoms with E-state index >= 15 is 0 Å². The van der Waals surface area contributed by atoms with Gasteiger partial charge in [-0.15, -0.1) is 0 Å². The Kier molecular flexibility index (Phi) is 5.85. The average molecular weight is 355 g/mol. The van der Waals surface area contributed by atoms with Gasteiger partial charge in [-0.05, 0) is 25.5 Å². The molecule has 1 aromatic heterocycles. The van der Waals surface area contributed by atoms with Crippen molar-refractivity contribution in [2.45, 2.75) is 19.9 Å². The molecule has 1 saturated heterocycles. The summed E-state index contributed by atoms with van der Waals surface area (Å²) in [4.78, 5) is 29.3. The van der Waals surface area contributed by atoms with E-state index < -0.39 is 0 Å². The lowest BCUT2D eigenvalue weighted by Gasteiger charge is -2.31. The lowest BCUT2D eigenvalue weighted by Crippen LogP contribution is -2.43. The second kappa shape index (κ2) is 8.29. The molecule has 2 aromatic rings. The predicted molar refractivity (Wildman–Crippen MR) is 99.4 cm³/mol. The first kappa shape index (κ1) is 18.4. The number of carbonyl (C=O) groups is 2. The molecule has 1 amide bonds. The maximum Gasteiger partial charge on any atom is 0.268 e. The number of amides is 1. The molecule has 3 rings (SSSR count). The first-order valence-corrected chi connectivity index (χ1v) is 8.90. The molecule has 0 radical (unpaired) electrons. The number of ether oxygens (including phenoxy) is 1.